The molecule has 1 rings (SSSR count). The van der Waals surface area contributed by atoms with Crippen LogP contribution in [-0.2, 0) is 11.8 Å². The summed E-state index contributed by atoms with van der Waals surface area (Å²) in [4.78, 5) is 12.4. The number of aromatic nitrogens is 4. The first-order valence-corrected chi connectivity index (χ1v) is 4.08. The summed E-state index contributed by atoms with van der Waals surface area (Å²) in [5.41, 5.74) is 0. The van der Waals surface area contributed by atoms with Crippen molar-refractivity contribution in [2.45, 2.75) is 0 Å². The molecule has 1 amide bonds. The Labute approximate surface area is 81.2 Å². The lowest BCUT2D eigenvalue weighted by atomic mass is 10.5. The van der Waals surface area contributed by atoms with Crippen LogP contribution in [0.15, 0.2) is 12.7 Å². The van der Waals surface area contributed by atoms with Gasteiger partial charge in [-0.25, -0.2) is 0 Å². The lowest BCUT2D eigenvalue weighted by Gasteiger charge is -1.99. The zero-order chi connectivity index (χ0) is 10.4. The smallest absolute Gasteiger partial charge is 0.270 e. The van der Waals surface area contributed by atoms with Gasteiger partial charge in [-0.05, 0) is 5.21 Å². The van der Waals surface area contributed by atoms with Crippen molar-refractivity contribution in [2.75, 3.05) is 18.4 Å². The molecule has 0 bridgehead atoms. The number of hydrogen-bond acceptors (Lipinski definition) is 5. The fraction of sp³-hybridized carbons (Fsp3) is 0.429. The number of nitrogens with one attached hydrogen (secondary N) is 2. The van der Waals surface area contributed by atoms with Crippen LogP contribution in [0, 0.1) is 0 Å². The van der Waals surface area contributed by atoms with Gasteiger partial charge >= 0.3 is 0 Å². The number of carbonyl (C=O) groups excluding carboxylic acids is 1. The van der Waals surface area contributed by atoms with Gasteiger partial charge in [-0.2, -0.15) is 4.80 Å². The Balaban J connectivity index is 2.30. The van der Waals surface area contributed by atoms with Crippen LogP contribution in [0.4, 0.5) is 5.95 Å². The van der Waals surface area contributed by atoms with Crippen molar-refractivity contribution in [1.29, 1.82) is 0 Å². The van der Waals surface area contributed by atoms with Crippen LogP contribution in [0.25, 0.3) is 0 Å². The van der Waals surface area contributed by atoms with Crippen LogP contribution in [0.5, 0.6) is 0 Å². The minimum atomic E-state index is -0.208. The van der Waals surface area contributed by atoms with E-state index in [1.807, 2.05) is 0 Å². The maximum atomic E-state index is 11.2. The fourth-order valence-corrected chi connectivity index (χ4v) is 0.791. The highest BCUT2D eigenvalue weighted by Crippen LogP contribution is 1.90. The number of rotatable bonds is 5. The van der Waals surface area contributed by atoms with Crippen LogP contribution in [-0.4, -0.2) is 39.2 Å². The standard InChI is InChI=1S/C7H12N6O/c1-3-4-8-5-6(14)9-7-10-12-13(2)11-7/h3,8H,1,4-5H2,2H3,(H,9,11,14). The van der Waals surface area contributed by atoms with Crippen molar-refractivity contribution in [2.24, 2.45) is 7.05 Å². The van der Waals surface area contributed by atoms with Gasteiger partial charge in [0, 0.05) is 6.54 Å². The normalized spacial score (nSPS) is 9.79. The molecule has 0 saturated carbocycles. The van der Waals surface area contributed by atoms with Crippen molar-refractivity contribution >= 4 is 11.9 Å². The molecule has 0 spiro atoms. The van der Waals surface area contributed by atoms with E-state index in [-0.39, 0.29) is 18.4 Å². The molecular weight excluding hydrogens is 184 g/mol. The minimum absolute atomic E-state index is 0.199. The molecular formula is C7H12N6O. The van der Waals surface area contributed by atoms with Gasteiger partial charge in [0.05, 0.1) is 13.6 Å². The van der Waals surface area contributed by atoms with E-state index in [2.05, 4.69) is 32.6 Å². The molecule has 1 heterocycles. The zero-order valence-corrected chi connectivity index (χ0v) is 7.90. The SMILES string of the molecule is C=CCNCC(=O)Nc1nnn(C)n1. The predicted molar refractivity (Wildman–Crippen MR) is 50.5 cm³/mol. The highest BCUT2D eigenvalue weighted by Gasteiger charge is 2.04. The van der Waals surface area contributed by atoms with E-state index in [4.69, 9.17) is 0 Å². The number of tetrazole rings is 1. The number of anilines is 1. The predicted octanol–water partition coefficient (Wildman–Crippen LogP) is -1.08. The second-order valence-electron chi connectivity index (χ2n) is 2.57. The third-order valence-electron chi connectivity index (χ3n) is 1.33. The third-order valence-corrected chi connectivity index (χ3v) is 1.33. The molecule has 0 fully saturated rings. The lowest BCUT2D eigenvalue weighted by Crippen LogP contribution is -2.28. The number of carbonyl (C=O) groups is 1. The number of amides is 1. The molecule has 0 atom stereocenters. The van der Waals surface area contributed by atoms with Crippen molar-refractivity contribution in [3.8, 4) is 0 Å². The molecule has 0 radical (unpaired) electrons. The van der Waals surface area contributed by atoms with E-state index >= 15 is 0 Å². The second-order valence-corrected chi connectivity index (χ2v) is 2.57. The molecule has 2 N–H and O–H groups in total. The maximum absolute atomic E-state index is 11.2. The topological polar surface area (TPSA) is 84.7 Å². The van der Waals surface area contributed by atoms with E-state index in [0.717, 1.165) is 0 Å². The maximum Gasteiger partial charge on any atom is 0.270 e. The molecule has 0 saturated heterocycles. The van der Waals surface area contributed by atoms with Gasteiger partial charge < -0.3 is 5.32 Å². The highest BCUT2D eigenvalue weighted by atomic mass is 16.2. The molecule has 14 heavy (non-hydrogen) atoms. The molecule has 7 nitrogen and oxygen atoms in total. The first kappa shape index (κ1) is 10.3. The molecule has 0 aliphatic heterocycles. The molecule has 76 valence electrons. The minimum Gasteiger partial charge on any atom is -0.305 e. The Morgan fingerprint density at radius 1 is 1.71 bits per heavy atom. The Morgan fingerprint density at radius 2 is 2.50 bits per heavy atom. The monoisotopic (exact) mass is 196 g/mol. The summed E-state index contributed by atoms with van der Waals surface area (Å²) in [6.45, 7) is 4.30. The van der Waals surface area contributed by atoms with E-state index in [9.17, 15) is 4.79 Å². The summed E-state index contributed by atoms with van der Waals surface area (Å²) < 4.78 is 0. The average Bonchev–Trinajstić information content (AvgIpc) is 2.52. The van der Waals surface area contributed by atoms with Crippen molar-refractivity contribution < 1.29 is 4.79 Å². The van der Waals surface area contributed by atoms with Gasteiger partial charge in [-0.1, -0.05) is 11.2 Å². The quantitative estimate of drug-likeness (QED) is 0.462. The number of nitrogens with zero attached hydrogens (tertiary/aromatic N) is 4. The summed E-state index contributed by atoms with van der Waals surface area (Å²) in [5, 5.41) is 16.3. The van der Waals surface area contributed by atoms with E-state index in [0.29, 0.717) is 6.54 Å². The third kappa shape index (κ3) is 3.31. The van der Waals surface area contributed by atoms with Crippen molar-refractivity contribution in [3.05, 3.63) is 12.7 Å². The Kier molecular flexibility index (Phi) is 3.74. The highest BCUT2D eigenvalue weighted by molar-refractivity contribution is 5.90. The van der Waals surface area contributed by atoms with Gasteiger partial charge in [0.1, 0.15) is 0 Å². The van der Waals surface area contributed by atoms with Crippen LogP contribution >= 0.6 is 0 Å². The fourth-order valence-electron chi connectivity index (χ4n) is 0.791. The van der Waals surface area contributed by atoms with E-state index in [1.54, 1.807) is 13.1 Å². The van der Waals surface area contributed by atoms with Crippen LogP contribution in [0.1, 0.15) is 0 Å². The zero-order valence-electron chi connectivity index (χ0n) is 7.90. The molecule has 0 aliphatic carbocycles. The Hall–Kier alpha value is -1.76. The first-order valence-electron chi connectivity index (χ1n) is 4.08. The van der Waals surface area contributed by atoms with Gasteiger partial charge in [-0.15, -0.1) is 11.7 Å². The molecule has 0 aromatic carbocycles. The van der Waals surface area contributed by atoms with Crippen molar-refractivity contribution in [3.63, 3.8) is 0 Å². The first-order chi connectivity index (χ1) is 6.72. The van der Waals surface area contributed by atoms with Crippen LogP contribution in [0.3, 0.4) is 0 Å². The van der Waals surface area contributed by atoms with Crippen molar-refractivity contribution in [1.82, 2.24) is 25.5 Å². The summed E-state index contributed by atoms with van der Waals surface area (Å²) in [6, 6.07) is 0. The molecule has 7 heteroatoms. The Bertz CT molecular complexity index is 320. The van der Waals surface area contributed by atoms with Gasteiger partial charge in [0.25, 0.3) is 5.95 Å². The molecule has 1 aromatic heterocycles. The number of aryl methyl sites for hydroxylation is 1. The van der Waals surface area contributed by atoms with Gasteiger partial charge in [0.2, 0.25) is 5.91 Å². The summed E-state index contributed by atoms with van der Waals surface area (Å²) in [6.07, 6.45) is 1.67. The number of hydrogen-bond donors (Lipinski definition) is 2. The summed E-state index contributed by atoms with van der Waals surface area (Å²) in [7, 11) is 1.62. The average molecular weight is 196 g/mol. The van der Waals surface area contributed by atoms with Gasteiger partial charge in [0.15, 0.2) is 0 Å². The second kappa shape index (κ2) is 5.07. The van der Waals surface area contributed by atoms with Crippen LogP contribution < -0.4 is 10.6 Å². The van der Waals surface area contributed by atoms with Gasteiger partial charge in [-0.3, -0.25) is 10.1 Å². The Morgan fingerprint density at radius 3 is 3.07 bits per heavy atom. The lowest BCUT2D eigenvalue weighted by molar-refractivity contribution is -0.115. The van der Waals surface area contributed by atoms with Crippen LogP contribution in [0.2, 0.25) is 0 Å². The molecule has 0 unspecified atom stereocenters. The summed E-state index contributed by atoms with van der Waals surface area (Å²) in [5.74, 6) is -0.00208. The molecule has 0 aliphatic rings. The van der Waals surface area contributed by atoms with E-state index in [1.165, 1.54) is 4.80 Å². The molecule has 1 aromatic rings. The summed E-state index contributed by atoms with van der Waals surface area (Å²) >= 11 is 0. The van der Waals surface area contributed by atoms with E-state index < -0.39 is 0 Å². The largest absolute Gasteiger partial charge is 0.305 e.